The molecule has 0 aromatic heterocycles. The number of hydrogen-bond acceptors (Lipinski definition) is 4. The molecule has 0 unspecified atom stereocenters. The molecule has 3 amide bonds. The predicted molar refractivity (Wildman–Crippen MR) is 79.4 cm³/mol. The van der Waals surface area contributed by atoms with Gasteiger partial charge < -0.3 is 21.1 Å². The Bertz CT molecular complexity index is 390. The molecule has 0 saturated carbocycles. The Balaban J connectivity index is 4.84. The molecule has 0 aromatic rings. The highest BCUT2D eigenvalue weighted by Crippen LogP contribution is 2.11. The molecule has 122 valence electrons. The third-order valence-electron chi connectivity index (χ3n) is 2.95. The Morgan fingerprint density at radius 1 is 1.14 bits per heavy atom. The van der Waals surface area contributed by atoms with Crippen LogP contribution in [0.2, 0.25) is 0 Å². The highest BCUT2D eigenvalue weighted by Gasteiger charge is 2.29. The monoisotopic (exact) mass is 301 g/mol. The average Bonchev–Trinajstić information content (AvgIpc) is 2.32. The summed E-state index contributed by atoms with van der Waals surface area (Å²) in [5.41, 5.74) is 4.46. The van der Waals surface area contributed by atoms with Crippen LogP contribution >= 0.6 is 0 Å². The number of primary amides is 1. The van der Waals surface area contributed by atoms with Crippen molar-refractivity contribution in [2.75, 3.05) is 0 Å². The first-order chi connectivity index (χ1) is 9.47. The zero-order valence-corrected chi connectivity index (χ0v) is 13.6. The first-order valence-electron chi connectivity index (χ1n) is 7.07. The number of nitrogens with one attached hydrogen (secondary N) is 2. The van der Waals surface area contributed by atoms with E-state index in [-0.39, 0.29) is 5.92 Å². The van der Waals surface area contributed by atoms with Gasteiger partial charge in [0.1, 0.15) is 17.7 Å². The van der Waals surface area contributed by atoms with Gasteiger partial charge in [0.15, 0.2) is 0 Å². The van der Waals surface area contributed by atoms with E-state index in [0.717, 1.165) is 0 Å². The van der Waals surface area contributed by atoms with Gasteiger partial charge in [-0.15, -0.1) is 0 Å². The molecule has 0 saturated heterocycles. The molecular formula is C14H27N3O4. The van der Waals surface area contributed by atoms with Crippen molar-refractivity contribution >= 4 is 17.9 Å². The third-order valence-corrected chi connectivity index (χ3v) is 2.95. The SMILES string of the molecule is CC[C@@H](C)[C@@H](NC(=O)OC(C)(C)C)C(=O)N[C@@H](C)C(N)=O. The van der Waals surface area contributed by atoms with Gasteiger partial charge in [-0.25, -0.2) is 4.79 Å². The smallest absolute Gasteiger partial charge is 0.408 e. The Kier molecular flexibility index (Phi) is 7.18. The van der Waals surface area contributed by atoms with Crippen molar-refractivity contribution in [3.63, 3.8) is 0 Å². The number of rotatable bonds is 6. The van der Waals surface area contributed by atoms with Gasteiger partial charge in [0.25, 0.3) is 0 Å². The molecule has 4 N–H and O–H groups in total. The summed E-state index contributed by atoms with van der Waals surface area (Å²) in [7, 11) is 0. The molecule has 0 aliphatic rings. The van der Waals surface area contributed by atoms with E-state index < -0.39 is 35.6 Å². The zero-order valence-electron chi connectivity index (χ0n) is 13.6. The van der Waals surface area contributed by atoms with Crippen LogP contribution in [0.1, 0.15) is 48.0 Å². The average molecular weight is 301 g/mol. The number of alkyl carbamates (subject to hydrolysis) is 1. The van der Waals surface area contributed by atoms with Gasteiger partial charge in [0.2, 0.25) is 11.8 Å². The van der Waals surface area contributed by atoms with E-state index in [1.165, 1.54) is 6.92 Å². The Morgan fingerprint density at radius 2 is 1.67 bits per heavy atom. The van der Waals surface area contributed by atoms with Gasteiger partial charge in [0.05, 0.1) is 0 Å². The van der Waals surface area contributed by atoms with E-state index in [1.54, 1.807) is 20.8 Å². The Morgan fingerprint density at radius 3 is 2.05 bits per heavy atom. The van der Waals surface area contributed by atoms with Crippen LogP contribution in [0.25, 0.3) is 0 Å². The second-order valence-electron chi connectivity index (χ2n) is 6.14. The minimum atomic E-state index is -0.801. The van der Waals surface area contributed by atoms with Crippen molar-refractivity contribution < 1.29 is 19.1 Å². The van der Waals surface area contributed by atoms with Crippen molar-refractivity contribution in [1.29, 1.82) is 0 Å². The molecule has 3 atom stereocenters. The lowest BCUT2D eigenvalue weighted by Crippen LogP contribution is -2.54. The van der Waals surface area contributed by atoms with Crippen molar-refractivity contribution in [2.45, 2.75) is 65.6 Å². The van der Waals surface area contributed by atoms with E-state index in [1.807, 2.05) is 13.8 Å². The van der Waals surface area contributed by atoms with E-state index in [9.17, 15) is 14.4 Å². The summed E-state index contributed by atoms with van der Waals surface area (Å²) in [6.45, 7) is 10.4. The fraction of sp³-hybridized carbons (Fsp3) is 0.786. The van der Waals surface area contributed by atoms with Gasteiger partial charge >= 0.3 is 6.09 Å². The first kappa shape index (κ1) is 19.2. The van der Waals surface area contributed by atoms with E-state index in [2.05, 4.69) is 10.6 Å². The standard InChI is InChI=1S/C14H27N3O4/c1-7-8(2)10(12(19)16-9(3)11(15)18)17-13(20)21-14(4,5)6/h8-10H,7H2,1-6H3,(H2,15,18)(H,16,19)(H,17,20)/t8-,9+,10-/m1/s1. The lowest BCUT2D eigenvalue weighted by atomic mass is 9.98. The number of amides is 3. The van der Waals surface area contributed by atoms with Crippen LogP contribution in [0.4, 0.5) is 4.79 Å². The van der Waals surface area contributed by atoms with Crippen LogP contribution in [0, 0.1) is 5.92 Å². The van der Waals surface area contributed by atoms with Crippen LogP contribution < -0.4 is 16.4 Å². The molecule has 21 heavy (non-hydrogen) atoms. The van der Waals surface area contributed by atoms with Crippen LogP contribution in [-0.4, -0.2) is 35.6 Å². The summed E-state index contributed by atoms with van der Waals surface area (Å²) in [4.78, 5) is 35.0. The molecule has 0 bridgehead atoms. The van der Waals surface area contributed by atoms with Crippen molar-refractivity contribution in [3.8, 4) is 0 Å². The second-order valence-corrected chi connectivity index (χ2v) is 6.14. The summed E-state index contributed by atoms with van der Waals surface area (Å²) in [6, 6.07) is -1.59. The number of nitrogens with two attached hydrogens (primary N) is 1. The Labute approximate surface area is 126 Å². The molecule has 0 radical (unpaired) electrons. The maximum Gasteiger partial charge on any atom is 0.408 e. The Hall–Kier alpha value is -1.79. The summed E-state index contributed by atoms with van der Waals surface area (Å²) in [5.74, 6) is -1.21. The van der Waals surface area contributed by atoms with Gasteiger partial charge in [0, 0.05) is 0 Å². The van der Waals surface area contributed by atoms with Crippen molar-refractivity contribution in [3.05, 3.63) is 0 Å². The summed E-state index contributed by atoms with van der Waals surface area (Å²) in [6.07, 6.45) is 0.00781. The molecule has 7 heteroatoms. The molecule has 0 spiro atoms. The normalized spacial score (nSPS) is 15.5. The summed E-state index contributed by atoms with van der Waals surface area (Å²) in [5, 5.41) is 5.02. The minimum absolute atomic E-state index is 0.113. The molecular weight excluding hydrogens is 274 g/mol. The zero-order chi connectivity index (χ0) is 16.8. The predicted octanol–water partition coefficient (Wildman–Crippen LogP) is 0.916. The largest absolute Gasteiger partial charge is 0.444 e. The van der Waals surface area contributed by atoms with E-state index in [0.29, 0.717) is 6.42 Å². The van der Waals surface area contributed by atoms with Gasteiger partial charge in [-0.2, -0.15) is 0 Å². The van der Waals surface area contributed by atoms with Gasteiger partial charge in [-0.1, -0.05) is 20.3 Å². The summed E-state index contributed by atoms with van der Waals surface area (Å²) >= 11 is 0. The van der Waals surface area contributed by atoms with Crippen LogP contribution in [0.15, 0.2) is 0 Å². The highest BCUT2D eigenvalue weighted by atomic mass is 16.6. The molecule has 0 fully saturated rings. The first-order valence-corrected chi connectivity index (χ1v) is 7.07. The summed E-state index contributed by atoms with van der Waals surface area (Å²) < 4.78 is 5.14. The quantitative estimate of drug-likeness (QED) is 0.677. The molecule has 0 aliphatic heterocycles. The van der Waals surface area contributed by atoms with Crippen LogP contribution in [0.3, 0.4) is 0 Å². The fourth-order valence-corrected chi connectivity index (χ4v) is 1.51. The number of carbonyl (C=O) groups excluding carboxylic acids is 3. The molecule has 0 aromatic carbocycles. The van der Waals surface area contributed by atoms with Gasteiger partial charge in [-0.3, -0.25) is 9.59 Å². The van der Waals surface area contributed by atoms with E-state index in [4.69, 9.17) is 10.5 Å². The maximum absolute atomic E-state index is 12.2. The molecule has 0 aliphatic carbocycles. The number of carbonyl (C=O) groups is 3. The van der Waals surface area contributed by atoms with Crippen molar-refractivity contribution in [1.82, 2.24) is 10.6 Å². The van der Waals surface area contributed by atoms with Crippen LogP contribution in [-0.2, 0) is 14.3 Å². The minimum Gasteiger partial charge on any atom is -0.444 e. The number of ether oxygens (including phenoxy) is 1. The molecule has 0 heterocycles. The second kappa shape index (κ2) is 7.85. The topological polar surface area (TPSA) is 111 Å². The lowest BCUT2D eigenvalue weighted by Gasteiger charge is -2.27. The van der Waals surface area contributed by atoms with Crippen molar-refractivity contribution in [2.24, 2.45) is 11.7 Å². The molecule has 7 nitrogen and oxygen atoms in total. The number of hydrogen-bond donors (Lipinski definition) is 3. The molecule has 0 rings (SSSR count). The van der Waals surface area contributed by atoms with Crippen LogP contribution in [0.5, 0.6) is 0 Å². The lowest BCUT2D eigenvalue weighted by molar-refractivity contribution is -0.129. The third kappa shape index (κ3) is 7.53. The van der Waals surface area contributed by atoms with E-state index >= 15 is 0 Å². The van der Waals surface area contributed by atoms with Gasteiger partial charge in [-0.05, 0) is 33.6 Å². The fourth-order valence-electron chi connectivity index (χ4n) is 1.51. The highest BCUT2D eigenvalue weighted by molar-refractivity contribution is 5.90. The maximum atomic E-state index is 12.2.